The van der Waals surface area contributed by atoms with Gasteiger partial charge in [-0.3, -0.25) is 15.4 Å². The van der Waals surface area contributed by atoms with E-state index in [1.807, 2.05) is 28.8 Å². The van der Waals surface area contributed by atoms with Gasteiger partial charge in [0.1, 0.15) is 12.2 Å². The largest absolute Gasteiger partial charge is 0.286 e. The monoisotopic (exact) mass is 305 g/mol. The lowest BCUT2D eigenvalue weighted by Gasteiger charge is -2.17. The minimum atomic E-state index is 0.475. The van der Waals surface area contributed by atoms with Crippen molar-refractivity contribution >= 4 is 11.6 Å². The molecule has 3 rings (SSSR count). The van der Waals surface area contributed by atoms with E-state index in [9.17, 15) is 0 Å². The highest BCUT2D eigenvalue weighted by atomic mass is 35.5. The van der Waals surface area contributed by atoms with Crippen LogP contribution in [-0.4, -0.2) is 26.8 Å². The summed E-state index contributed by atoms with van der Waals surface area (Å²) in [5.41, 5.74) is 7.59. The highest BCUT2D eigenvalue weighted by Gasteiger charge is 2.29. The smallest absolute Gasteiger partial charge is 0.137 e. The Morgan fingerprint density at radius 3 is 2.71 bits per heavy atom. The molecule has 2 atom stereocenters. The minimum absolute atomic E-state index is 0.475. The standard InChI is InChI=1S/C15H20ClN5/c1-10-14(11(2)19-18-10)6-7-15-20-17-9-21(15)13-5-3-4-12(16)8-13/h3-5,8-11,14,18-19H,6-7H2,1-2H3. The zero-order valence-corrected chi connectivity index (χ0v) is 13.0. The van der Waals surface area contributed by atoms with Gasteiger partial charge in [-0.25, -0.2) is 0 Å². The molecule has 2 heterocycles. The minimum Gasteiger partial charge on any atom is -0.286 e. The lowest BCUT2D eigenvalue weighted by molar-refractivity contribution is 0.409. The van der Waals surface area contributed by atoms with Crippen molar-refractivity contribution in [2.45, 2.75) is 38.8 Å². The zero-order chi connectivity index (χ0) is 14.8. The molecule has 1 aromatic heterocycles. The summed E-state index contributed by atoms with van der Waals surface area (Å²) in [5.74, 6) is 1.57. The maximum absolute atomic E-state index is 6.06. The Balaban J connectivity index is 1.74. The van der Waals surface area contributed by atoms with Gasteiger partial charge in [0.2, 0.25) is 0 Å². The molecule has 2 N–H and O–H groups in total. The maximum atomic E-state index is 6.06. The van der Waals surface area contributed by atoms with Gasteiger partial charge >= 0.3 is 0 Å². The van der Waals surface area contributed by atoms with Gasteiger partial charge in [0.15, 0.2) is 0 Å². The number of nitrogens with zero attached hydrogens (tertiary/aromatic N) is 3. The number of aromatic nitrogens is 3. The first-order chi connectivity index (χ1) is 10.1. The van der Waals surface area contributed by atoms with Crippen LogP contribution < -0.4 is 10.9 Å². The summed E-state index contributed by atoms with van der Waals surface area (Å²) in [6.07, 6.45) is 3.72. The molecule has 5 nitrogen and oxygen atoms in total. The van der Waals surface area contributed by atoms with E-state index < -0.39 is 0 Å². The number of halogens is 1. The quantitative estimate of drug-likeness (QED) is 0.910. The first-order valence-corrected chi connectivity index (χ1v) is 7.69. The summed E-state index contributed by atoms with van der Waals surface area (Å²) in [6, 6.07) is 8.70. The molecule has 1 aliphatic rings. The van der Waals surface area contributed by atoms with Crippen LogP contribution in [-0.2, 0) is 6.42 Å². The molecule has 1 aromatic carbocycles. The van der Waals surface area contributed by atoms with Crippen molar-refractivity contribution in [3.63, 3.8) is 0 Å². The lowest BCUT2D eigenvalue weighted by atomic mass is 9.91. The molecule has 0 spiro atoms. The number of nitrogens with one attached hydrogen (secondary N) is 2. The van der Waals surface area contributed by atoms with Crippen molar-refractivity contribution in [2.24, 2.45) is 5.92 Å². The van der Waals surface area contributed by atoms with Crippen molar-refractivity contribution in [1.82, 2.24) is 25.6 Å². The van der Waals surface area contributed by atoms with Crippen LogP contribution in [0.2, 0.25) is 5.02 Å². The van der Waals surface area contributed by atoms with Crippen molar-refractivity contribution in [3.05, 3.63) is 41.4 Å². The average Bonchev–Trinajstić information content (AvgIpc) is 3.05. The fourth-order valence-corrected chi connectivity index (χ4v) is 3.16. The Hall–Kier alpha value is -1.43. The topological polar surface area (TPSA) is 54.8 Å². The van der Waals surface area contributed by atoms with E-state index in [1.165, 1.54) is 0 Å². The molecule has 0 radical (unpaired) electrons. The third-order valence-corrected chi connectivity index (χ3v) is 4.46. The number of hydrogen-bond acceptors (Lipinski definition) is 4. The summed E-state index contributed by atoms with van der Waals surface area (Å²) in [7, 11) is 0. The third kappa shape index (κ3) is 3.10. The number of hydrazine groups is 1. The zero-order valence-electron chi connectivity index (χ0n) is 12.3. The molecule has 0 amide bonds. The fraction of sp³-hybridized carbons (Fsp3) is 0.467. The van der Waals surface area contributed by atoms with E-state index in [-0.39, 0.29) is 0 Å². The molecule has 21 heavy (non-hydrogen) atoms. The molecule has 0 saturated carbocycles. The Morgan fingerprint density at radius 2 is 2.00 bits per heavy atom. The van der Waals surface area contributed by atoms with Crippen molar-refractivity contribution in [3.8, 4) is 5.69 Å². The van der Waals surface area contributed by atoms with Crippen LogP contribution in [0.1, 0.15) is 26.1 Å². The highest BCUT2D eigenvalue weighted by molar-refractivity contribution is 6.30. The van der Waals surface area contributed by atoms with Crippen LogP contribution in [0.3, 0.4) is 0 Å². The summed E-state index contributed by atoms with van der Waals surface area (Å²) in [5, 5.41) is 9.03. The van der Waals surface area contributed by atoms with Crippen LogP contribution in [0.15, 0.2) is 30.6 Å². The van der Waals surface area contributed by atoms with Crippen LogP contribution in [0.5, 0.6) is 0 Å². The van der Waals surface area contributed by atoms with Crippen LogP contribution in [0.25, 0.3) is 5.69 Å². The number of benzene rings is 1. The maximum Gasteiger partial charge on any atom is 0.137 e. The highest BCUT2D eigenvalue weighted by Crippen LogP contribution is 2.22. The molecule has 1 fully saturated rings. The average molecular weight is 306 g/mol. The summed E-state index contributed by atoms with van der Waals surface area (Å²) < 4.78 is 2.01. The Kier molecular flexibility index (Phi) is 4.24. The van der Waals surface area contributed by atoms with Gasteiger partial charge in [0.05, 0.1) is 0 Å². The molecule has 1 saturated heterocycles. The SMILES string of the molecule is CC1NNC(C)C1CCc1nncn1-c1cccc(Cl)c1. The van der Waals surface area contributed by atoms with Gasteiger partial charge in [-0.05, 0) is 44.4 Å². The van der Waals surface area contributed by atoms with Gasteiger partial charge in [0, 0.05) is 29.2 Å². The molecular formula is C15H20ClN5. The Bertz CT molecular complexity index is 602. The van der Waals surface area contributed by atoms with E-state index in [0.717, 1.165) is 29.4 Å². The molecule has 0 bridgehead atoms. The fourth-order valence-electron chi connectivity index (χ4n) is 2.98. The summed E-state index contributed by atoms with van der Waals surface area (Å²) in [6.45, 7) is 4.42. The molecule has 6 heteroatoms. The molecule has 2 unspecified atom stereocenters. The van der Waals surface area contributed by atoms with Crippen molar-refractivity contribution in [1.29, 1.82) is 0 Å². The van der Waals surface area contributed by atoms with Crippen molar-refractivity contribution < 1.29 is 0 Å². The van der Waals surface area contributed by atoms with Crippen LogP contribution >= 0.6 is 11.6 Å². The van der Waals surface area contributed by atoms with E-state index in [2.05, 4.69) is 34.9 Å². The molecular weight excluding hydrogens is 286 g/mol. The number of aryl methyl sites for hydroxylation is 1. The van der Waals surface area contributed by atoms with Gasteiger partial charge in [-0.15, -0.1) is 10.2 Å². The second kappa shape index (κ2) is 6.13. The predicted molar refractivity (Wildman–Crippen MR) is 83.4 cm³/mol. The van der Waals surface area contributed by atoms with E-state index in [4.69, 9.17) is 11.6 Å². The predicted octanol–water partition coefficient (Wildman–Crippen LogP) is 2.35. The molecule has 112 valence electrons. The van der Waals surface area contributed by atoms with Gasteiger partial charge in [-0.2, -0.15) is 0 Å². The van der Waals surface area contributed by atoms with Crippen molar-refractivity contribution in [2.75, 3.05) is 0 Å². The normalized spacial score (nSPS) is 25.4. The molecule has 0 aliphatic carbocycles. The number of hydrogen-bond donors (Lipinski definition) is 2. The second-order valence-corrected chi connectivity index (χ2v) is 6.10. The first kappa shape index (κ1) is 14.5. The first-order valence-electron chi connectivity index (χ1n) is 7.31. The van der Waals surface area contributed by atoms with Crippen LogP contribution in [0.4, 0.5) is 0 Å². The van der Waals surface area contributed by atoms with Gasteiger partial charge < -0.3 is 0 Å². The van der Waals surface area contributed by atoms with Crippen LogP contribution in [0, 0.1) is 5.92 Å². The van der Waals surface area contributed by atoms with E-state index in [0.29, 0.717) is 18.0 Å². The third-order valence-electron chi connectivity index (χ3n) is 4.23. The summed E-state index contributed by atoms with van der Waals surface area (Å²) in [4.78, 5) is 0. The van der Waals surface area contributed by atoms with E-state index >= 15 is 0 Å². The Labute approximate surface area is 129 Å². The lowest BCUT2D eigenvalue weighted by Crippen LogP contribution is -2.30. The Morgan fingerprint density at radius 1 is 1.24 bits per heavy atom. The van der Waals surface area contributed by atoms with Gasteiger partial charge in [-0.1, -0.05) is 17.7 Å². The molecule has 2 aromatic rings. The van der Waals surface area contributed by atoms with E-state index in [1.54, 1.807) is 6.33 Å². The second-order valence-electron chi connectivity index (χ2n) is 5.67. The van der Waals surface area contributed by atoms with Gasteiger partial charge in [0.25, 0.3) is 0 Å². The summed E-state index contributed by atoms with van der Waals surface area (Å²) >= 11 is 6.06. The number of rotatable bonds is 4. The molecule has 1 aliphatic heterocycles.